The van der Waals surface area contributed by atoms with E-state index in [1.807, 2.05) is 0 Å². The van der Waals surface area contributed by atoms with Crippen molar-refractivity contribution >= 4 is 12.0 Å². The van der Waals surface area contributed by atoms with E-state index >= 15 is 0 Å². The van der Waals surface area contributed by atoms with Crippen LogP contribution in [-0.2, 0) is 23.7 Å². The molecule has 0 unspecified atom stereocenters. The number of phenols is 1. The number of hydrogen-bond acceptors (Lipinski definition) is 12. The first-order valence-electron chi connectivity index (χ1n) is 11.2. The van der Waals surface area contributed by atoms with Crippen LogP contribution in [0.15, 0.2) is 54.3 Å². The lowest BCUT2D eigenvalue weighted by Crippen LogP contribution is -2.61. The van der Waals surface area contributed by atoms with Crippen molar-refractivity contribution in [1.82, 2.24) is 0 Å². The largest absolute Gasteiger partial charge is 0.508 e. The second-order valence-electron chi connectivity index (χ2n) is 8.69. The van der Waals surface area contributed by atoms with E-state index in [1.165, 1.54) is 30.4 Å². The molecule has 36 heavy (non-hydrogen) atoms. The number of benzene rings is 1. The maximum absolute atomic E-state index is 12.5. The number of phenolic OH excluding ortho intramolecular Hbond substituents is 1. The number of rotatable bonds is 7. The van der Waals surface area contributed by atoms with Gasteiger partial charge in [-0.25, -0.2) is 4.79 Å². The van der Waals surface area contributed by atoms with E-state index < -0.39 is 73.8 Å². The first kappa shape index (κ1) is 26.3. The first-order chi connectivity index (χ1) is 17.2. The second kappa shape index (κ2) is 10.7. The average Bonchev–Trinajstić information content (AvgIpc) is 3.16. The standard InChI is InChI=1S/C24H28O12/c25-10-13-9-16(35-17(28)6-3-12-1-4-14(27)5-2-12)24(32)7-8-33-22(18(13)24)36-23-21(31)20(30)19(29)15(11-26)34-23/h1-9,15-16,18-23,25-27,29-32H,10-11H2/t15-,16+,18-,19-,20-,21-,22-,23+,24+/m0/s1. The molecule has 7 N–H and O–H groups in total. The summed E-state index contributed by atoms with van der Waals surface area (Å²) < 4.78 is 21.9. The monoisotopic (exact) mass is 508 g/mol. The highest BCUT2D eigenvalue weighted by atomic mass is 16.8. The normalized spacial score (nSPS) is 37.9. The van der Waals surface area contributed by atoms with Gasteiger partial charge >= 0.3 is 5.97 Å². The number of aromatic hydroxyl groups is 1. The number of fused-ring (bicyclic) bond motifs is 1. The summed E-state index contributed by atoms with van der Waals surface area (Å²) in [5, 5.41) is 70.3. The molecule has 0 spiro atoms. The number of carbonyl (C=O) groups is 1. The molecule has 196 valence electrons. The van der Waals surface area contributed by atoms with Crippen molar-refractivity contribution < 1.29 is 59.5 Å². The molecule has 12 heteroatoms. The lowest BCUT2D eigenvalue weighted by Gasteiger charge is -2.44. The summed E-state index contributed by atoms with van der Waals surface area (Å²) in [6.45, 7) is -1.21. The highest BCUT2D eigenvalue weighted by molar-refractivity contribution is 5.87. The van der Waals surface area contributed by atoms with Gasteiger partial charge in [-0.1, -0.05) is 12.1 Å². The van der Waals surface area contributed by atoms with E-state index in [0.29, 0.717) is 5.56 Å². The fraction of sp³-hybridized carbons (Fsp3) is 0.458. The van der Waals surface area contributed by atoms with Gasteiger partial charge in [-0.05, 0) is 41.5 Å². The van der Waals surface area contributed by atoms with E-state index in [1.54, 1.807) is 12.1 Å². The van der Waals surface area contributed by atoms with Crippen molar-refractivity contribution in [2.24, 2.45) is 5.92 Å². The molecule has 1 aromatic carbocycles. The zero-order chi connectivity index (χ0) is 26.0. The third-order valence-electron chi connectivity index (χ3n) is 6.39. The Hall–Kier alpha value is -2.81. The van der Waals surface area contributed by atoms with Crippen LogP contribution in [0.2, 0.25) is 0 Å². The molecule has 1 saturated heterocycles. The molecule has 0 aromatic heterocycles. The molecular formula is C24H28O12. The Labute approximate surface area is 205 Å². The smallest absolute Gasteiger partial charge is 0.331 e. The maximum Gasteiger partial charge on any atom is 0.331 e. The molecule has 1 fully saturated rings. The number of aliphatic hydroxyl groups excluding tert-OH is 5. The molecule has 0 amide bonds. The molecule has 1 aromatic rings. The molecule has 9 atom stereocenters. The Balaban J connectivity index is 1.49. The molecule has 0 bridgehead atoms. The maximum atomic E-state index is 12.5. The lowest BCUT2D eigenvalue weighted by molar-refractivity contribution is -0.344. The quantitative estimate of drug-likeness (QED) is 0.125. The van der Waals surface area contributed by atoms with Gasteiger partial charge in [0.15, 0.2) is 12.4 Å². The SMILES string of the molecule is O=C(C=Cc1ccc(O)cc1)O[C@@H]1C=C(CO)[C@H]2[C@H](O[C@H]3O[C@@H](CO)[C@H](O)[C@H](O)[C@@H]3O)OC=C[C@@]12O. The van der Waals surface area contributed by atoms with Crippen LogP contribution in [0.4, 0.5) is 0 Å². The average molecular weight is 508 g/mol. The van der Waals surface area contributed by atoms with Crippen LogP contribution in [0.1, 0.15) is 5.56 Å². The third kappa shape index (κ3) is 5.03. The zero-order valence-corrected chi connectivity index (χ0v) is 18.9. The molecule has 0 radical (unpaired) electrons. The van der Waals surface area contributed by atoms with E-state index in [4.69, 9.17) is 18.9 Å². The van der Waals surface area contributed by atoms with Crippen LogP contribution in [0.25, 0.3) is 6.08 Å². The Bertz CT molecular complexity index is 1020. The van der Waals surface area contributed by atoms with Gasteiger partial charge in [0, 0.05) is 6.08 Å². The van der Waals surface area contributed by atoms with Gasteiger partial charge < -0.3 is 54.7 Å². The van der Waals surface area contributed by atoms with E-state index in [-0.39, 0.29) is 11.3 Å². The van der Waals surface area contributed by atoms with Gasteiger partial charge in [0.1, 0.15) is 35.8 Å². The number of carbonyl (C=O) groups excluding carboxylic acids is 1. The van der Waals surface area contributed by atoms with Crippen molar-refractivity contribution in [1.29, 1.82) is 0 Å². The molecule has 2 heterocycles. The molecule has 0 saturated carbocycles. The minimum Gasteiger partial charge on any atom is -0.508 e. The van der Waals surface area contributed by atoms with Crippen LogP contribution in [0.5, 0.6) is 5.75 Å². The molecule has 3 aliphatic rings. The summed E-state index contributed by atoms with van der Waals surface area (Å²) in [4.78, 5) is 12.5. The summed E-state index contributed by atoms with van der Waals surface area (Å²) in [6, 6.07) is 6.08. The van der Waals surface area contributed by atoms with E-state index in [2.05, 4.69) is 0 Å². The Morgan fingerprint density at radius 1 is 1.06 bits per heavy atom. The fourth-order valence-corrected chi connectivity index (χ4v) is 4.42. The van der Waals surface area contributed by atoms with Crippen molar-refractivity contribution in [2.45, 2.75) is 48.7 Å². The van der Waals surface area contributed by atoms with E-state index in [0.717, 1.165) is 12.3 Å². The number of hydrogen-bond donors (Lipinski definition) is 7. The molecule has 1 aliphatic carbocycles. The Kier molecular flexibility index (Phi) is 7.78. The zero-order valence-electron chi connectivity index (χ0n) is 18.9. The second-order valence-corrected chi connectivity index (χ2v) is 8.69. The predicted octanol–water partition coefficient (Wildman–Crippen LogP) is -1.72. The summed E-state index contributed by atoms with van der Waals surface area (Å²) in [6.07, 6.45) is -4.08. The van der Waals surface area contributed by atoms with Gasteiger partial charge in [0.2, 0.25) is 6.29 Å². The van der Waals surface area contributed by atoms with Gasteiger partial charge in [-0.2, -0.15) is 0 Å². The van der Waals surface area contributed by atoms with Gasteiger partial charge in [-0.15, -0.1) is 0 Å². The Morgan fingerprint density at radius 3 is 2.44 bits per heavy atom. The van der Waals surface area contributed by atoms with Crippen molar-refractivity contribution in [3.8, 4) is 5.75 Å². The molecular weight excluding hydrogens is 480 g/mol. The van der Waals surface area contributed by atoms with Crippen molar-refractivity contribution in [2.75, 3.05) is 13.2 Å². The summed E-state index contributed by atoms with van der Waals surface area (Å²) in [5.41, 5.74) is -1.05. The number of aliphatic hydroxyl groups is 6. The van der Waals surface area contributed by atoms with Crippen molar-refractivity contribution in [3.05, 3.63) is 59.9 Å². The molecule has 4 rings (SSSR count). The fourth-order valence-electron chi connectivity index (χ4n) is 4.42. The van der Waals surface area contributed by atoms with Gasteiger partial charge in [0.05, 0.1) is 25.4 Å². The van der Waals surface area contributed by atoms with Crippen LogP contribution in [0.3, 0.4) is 0 Å². The first-order valence-corrected chi connectivity index (χ1v) is 11.2. The summed E-state index contributed by atoms with van der Waals surface area (Å²) in [7, 11) is 0. The van der Waals surface area contributed by atoms with Crippen LogP contribution >= 0.6 is 0 Å². The predicted molar refractivity (Wildman–Crippen MR) is 119 cm³/mol. The summed E-state index contributed by atoms with van der Waals surface area (Å²) >= 11 is 0. The third-order valence-corrected chi connectivity index (χ3v) is 6.39. The minimum absolute atomic E-state index is 0.0717. The highest BCUT2D eigenvalue weighted by Gasteiger charge is 2.57. The topological polar surface area (TPSA) is 196 Å². The summed E-state index contributed by atoms with van der Waals surface area (Å²) in [5.74, 6) is -1.82. The minimum atomic E-state index is -1.89. The highest BCUT2D eigenvalue weighted by Crippen LogP contribution is 2.45. The molecule has 12 nitrogen and oxygen atoms in total. The number of ether oxygens (including phenoxy) is 4. The van der Waals surface area contributed by atoms with Crippen LogP contribution in [0, 0.1) is 5.92 Å². The van der Waals surface area contributed by atoms with Gasteiger partial charge in [0.25, 0.3) is 0 Å². The van der Waals surface area contributed by atoms with E-state index in [9.17, 15) is 40.5 Å². The van der Waals surface area contributed by atoms with Crippen molar-refractivity contribution in [3.63, 3.8) is 0 Å². The Morgan fingerprint density at radius 2 is 1.78 bits per heavy atom. The van der Waals surface area contributed by atoms with Crippen LogP contribution in [-0.4, -0.2) is 104 Å². The van der Waals surface area contributed by atoms with Gasteiger partial charge in [-0.3, -0.25) is 0 Å². The van der Waals surface area contributed by atoms with Crippen LogP contribution < -0.4 is 0 Å². The lowest BCUT2D eigenvalue weighted by atomic mass is 9.83. The number of esters is 1. The molecule has 2 aliphatic heterocycles.